The molecule has 35 heavy (non-hydrogen) atoms. The minimum Gasteiger partial charge on any atom is -0.465 e. The zero-order valence-corrected chi connectivity index (χ0v) is 19.8. The molecule has 1 N–H and O–H groups in total. The number of para-hydroxylation sites is 1. The molecule has 0 bridgehead atoms. The molecule has 0 saturated heterocycles. The summed E-state index contributed by atoms with van der Waals surface area (Å²) in [6.07, 6.45) is 4.94. The first-order valence-electron chi connectivity index (χ1n) is 11.2. The number of ketones is 1. The van der Waals surface area contributed by atoms with Gasteiger partial charge in [0.2, 0.25) is 11.7 Å². The number of Topliss-reactive ketones (excluding diaryl/α,β-unsaturated/α-hetero) is 1. The first kappa shape index (κ1) is 22.7. The largest absolute Gasteiger partial charge is 0.465 e. The molecule has 176 valence electrons. The smallest absolute Gasteiger partial charge is 0.339 e. The van der Waals surface area contributed by atoms with Crippen LogP contribution in [-0.2, 0) is 22.5 Å². The predicted molar refractivity (Wildman–Crippen MR) is 133 cm³/mol. The number of nitrogens with zero attached hydrogens (tertiary/aromatic N) is 1. The third-order valence-corrected chi connectivity index (χ3v) is 6.91. The molecule has 0 atom stereocenters. The van der Waals surface area contributed by atoms with E-state index in [0.717, 1.165) is 33.9 Å². The highest BCUT2D eigenvalue weighted by Crippen LogP contribution is 2.37. The van der Waals surface area contributed by atoms with E-state index < -0.39 is 5.97 Å². The number of benzene rings is 1. The molecule has 0 unspecified atom stereocenters. The maximum Gasteiger partial charge on any atom is 0.339 e. The van der Waals surface area contributed by atoms with E-state index in [4.69, 9.17) is 14.1 Å². The summed E-state index contributed by atoms with van der Waals surface area (Å²) < 4.78 is 11.0. The van der Waals surface area contributed by atoms with Gasteiger partial charge in [0.15, 0.2) is 6.61 Å². The van der Waals surface area contributed by atoms with Gasteiger partial charge in [-0.2, -0.15) is 0 Å². The maximum absolute atomic E-state index is 13.3. The summed E-state index contributed by atoms with van der Waals surface area (Å²) in [6, 6.07) is 14.6. The van der Waals surface area contributed by atoms with Crippen LogP contribution in [0.25, 0.3) is 22.6 Å². The number of amides is 1. The summed E-state index contributed by atoms with van der Waals surface area (Å²) in [4.78, 5) is 43.2. The molecule has 3 heterocycles. The van der Waals surface area contributed by atoms with Gasteiger partial charge < -0.3 is 14.5 Å². The topological polar surface area (TPSA) is 98.5 Å². The lowest BCUT2D eigenvalue weighted by atomic mass is 10.0. The van der Waals surface area contributed by atoms with Gasteiger partial charge in [-0.25, -0.2) is 9.78 Å². The number of hydrogen-bond donors (Lipinski definition) is 1. The number of pyridine rings is 1. The fourth-order valence-corrected chi connectivity index (χ4v) is 5.04. The predicted octanol–water partition coefficient (Wildman–Crippen LogP) is 5.05. The van der Waals surface area contributed by atoms with Crippen molar-refractivity contribution in [2.24, 2.45) is 0 Å². The second-order valence-corrected chi connectivity index (χ2v) is 9.36. The van der Waals surface area contributed by atoms with Crippen molar-refractivity contribution in [3.63, 3.8) is 0 Å². The minimum atomic E-state index is -0.539. The lowest BCUT2D eigenvalue weighted by Gasteiger charge is -2.12. The normalized spacial score (nSPS) is 13.7. The Morgan fingerprint density at radius 2 is 1.97 bits per heavy atom. The van der Waals surface area contributed by atoms with E-state index in [9.17, 15) is 14.4 Å². The maximum atomic E-state index is 13.3. The van der Waals surface area contributed by atoms with Gasteiger partial charge >= 0.3 is 5.97 Å². The number of esters is 1. The Morgan fingerprint density at radius 3 is 2.77 bits per heavy atom. The number of allylic oxidation sites excluding steroid dienone is 1. The Labute approximate surface area is 205 Å². The van der Waals surface area contributed by atoms with Crippen molar-refractivity contribution in [1.82, 2.24) is 10.3 Å². The third kappa shape index (κ3) is 4.79. The monoisotopic (exact) mass is 486 g/mol. The molecule has 0 aliphatic heterocycles. The summed E-state index contributed by atoms with van der Waals surface area (Å²) in [5.74, 6) is -0.237. The average Bonchev–Trinajstić information content (AvgIpc) is 3.62. The quantitative estimate of drug-likeness (QED) is 0.290. The number of thiophene rings is 1. The van der Waals surface area contributed by atoms with Crippen LogP contribution in [0.15, 0.2) is 59.2 Å². The van der Waals surface area contributed by atoms with Crippen molar-refractivity contribution >= 4 is 51.5 Å². The molecule has 1 amide bonds. The highest BCUT2D eigenvalue weighted by atomic mass is 32.1. The van der Waals surface area contributed by atoms with Crippen molar-refractivity contribution < 1.29 is 23.5 Å². The van der Waals surface area contributed by atoms with Crippen molar-refractivity contribution in [3.8, 4) is 0 Å². The first-order chi connectivity index (χ1) is 17.0. The van der Waals surface area contributed by atoms with Crippen LogP contribution in [-0.4, -0.2) is 29.3 Å². The summed E-state index contributed by atoms with van der Waals surface area (Å²) in [5, 5.41) is 3.41. The van der Waals surface area contributed by atoms with Gasteiger partial charge in [0, 0.05) is 17.2 Å². The van der Waals surface area contributed by atoms with Crippen LogP contribution in [0.5, 0.6) is 0 Å². The number of furan rings is 1. The number of ether oxygens (including phenoxy) is 1. The van der Waals surface area contributed by atoms with Crippen molar-refractivity contribution in [2.75, 3.05) is 6.61 Å². The van der Waals surface area contributed by atoms with E-state index in [0.29, 0.717) is 34.3 Å². The molecule has 1 aromatic carbocycles. The first-order valence-corrected chi connectivity index (χ1v) is 12.0. The molecular weight excluding hydrogens is 464 g/mol. The molecule has 0 spiro atoms. The molecule has 3 aromatic heterocycles. The lowest BCUT2D eigenvalue weighted by Crippen LogP contribution is -2.18. The van der Waals surface area contributed by atoms with Crippen molar-refractivity contribution in [2.45, 2.75) is 26.3 Å². The van der Waals surface area contributed by atoms with Crippen LogP contribution >= 0.6 is 11.3 Å². The Bertz CT molecular complexity index is 1470. The van der Waals surface area contributed by atoms with Gasteiger partial charge in [-0.1, -0.05) is 18.2 Å². The number of rotatable bonds is 7. The third-order valence-electron chi connectivity index (χ3n) is 5.79. The molecular formula is C27H22N2O5S. The summed E-state index contributed by atoms with van der Waals surface area (Å²) >= 11 is 1.27. The minimum absolute atomic E-state index is 0.139. The Balaban J connectivity index is 1.39. The molecule has 1 aliphatic rings. The van der Waals surface area contributed by atoms with Gasteiger partial charge in [0.05, 0.1) is 34.5 Å². The number of carbonyl (C=O) groups is 3. The average molecular weight is 487 g/mol. The van der Waals surface area contributed by atoms with E-state index in [-0.39, 0.29) is 18.3 Å². The number of nitrogens with one attached hydrogen (secondary N) is 1. The zero-order chi connectivity index (χ0) is 24.4. The molecule has 0 radical (unpaired) electrons. The Hall–Kier alpha value is -4.04. The van der Waals surface area contributed by atoms with E-state index >= 15 is 0 Å². The van der Waals surface area contributed by atoms with E-state index in [2.05, 4.69) is 5.32 Å². The summed E-state index contributed by atoms with van der Waals surface area (Å²) in [6.45, 7) is 1.43. The van der Waals surface area contributed by atoms with Gasteiger partial charge in [0.1, 0.15) is 5.76 Å². The second-order valence-electron chi connectivity index (χ2n) is 8.19. The van der Waals surface area contributed by atoms with Crippen LogP contribution in [0.3, 0.4) is 0 Å². The fraction of sp³-hybridized carbons (Fsp3) is 0.185. The van der Waals surface area contributed by atoms with Gasteiger partial charge in [-0.3, -0.25) is 9.59 Å². The van der Waals surface area contributed by atoms with Crippen LogP contribution in [0.1, 0.15) is 55.3 Å². The molecule has 0 fully saturated rings. The summed E-state index contributed by atoms with van der Waals surface area (Å²) in [5.41, 5.74) is 3.74. The SMILES string of the molecule is CC(=O)NCc1ccc(C(=O)COC(=O)c2c3c(nc4ccccc24)/C(=C/c2ccco2)CC3)s1. The lowest BCUT2D eigenvalue weighted by molar-refractivity contribution is -0.119. The van der Waals surface area contributed by atoms with Gasteiger partial charge in [-0.15, -0.1) is 11.3 Å². The van der Waals surface area contributed by atoms with Crippen LogP contribution in [0.2, 0.25) is 0 Å². The number of aromatic nitrogens is 1. The van der Waals surface area contributed by atoms with E-state index in [1.165, 1.54) is 18.3 Å². The number of hydrogen-bond acceptors (Lipinski definition) is 7. The van der Waals surface area contributed by atoms with Gasteiger partial charge in [0.25, 0.3) is 0 Å². The van der Waals surface area contributed by atoms with Crippen LogP contribution in [0.4, 0.5) is 0 Å². The van der Waals surface area contributed by atoms with E-state index in [1.54, 1.807) is 18.4 Å². The standard InChI is InChI=1S/C27H22N2O5S/c1-16(30)28-14-19-9-11-24(35-19)23(31)15-34-27(32)25-20-6-2-3-7-22(20)29-26-17(8-10-21(25)26)13-18-5-4-12-33-18/h2-7,9,11-13H,8,10,14-15H2,1H3,(H,28,30)/b17-13+. The molecule has 0 saturated carbocycles. The zero-order valence-electron chi connectivity index (χ0n) is 19.0. The highest BCUT2D eigenvalue weighted by Gasteiger charge is 2.28. The highest BCUT2D eigenvalue weighted by molar-refractivity contribution is 7.14. The summed E-state index contributed by atoms with van der Waals surface area (Å²) in [7, 11) is 0. The second kappa shape index (κ2) is 9.68. The molecule has 7 nitrogen and oxygen atoms in total. The number of carbonyl (C=O) groups excluding carboxylic acids is 3. The van der Waals surface area contributed by atoms with Crippen LogP contribution < -0.4 is 5.32 Å². The Kier molecular flexibility index (Phi) is 6.29. The molecule has 8 heteroatoms. The molecule has 1 aliphatic carbocycles. The van der Waals surface area contributed by atoms with E-state index in [1.807, 2.05) is 42.5 Å². The van der Waals surface area contributed by atoms with Gasteiger partial charge in [-0.05, 0) is 60.4 Å². The Morgan fingerprint density at radius 1 is 1.11 bits per heavy atom. The molecule has 5 rings (SSSR count). The molecule has 4 aromatic rings. The number of fused-ring (bicyclic) bond motifs is 2. The van der Waals surface area contributed by atoms with Crippen molar-refractivity contribution in [3.05, 3.63) is 87.1 Å². The van der Waals surface area contributed by atoms with Crippen molar-refractivity contribution in [1.29, 1.82) is 0 Å². The fourth-order valence-electron chi connectivity index (χ4n) is 4.17. The van der Waals surface area contributed by atoms with Crippen LogP contribution in [0, 0.1) is 0 Å².